The normalized spacial score (nSPS) is 11.4. The third-order valence-corrected chi connectivity index (χ3v) is 4.93. The highest BCUT2D eigenvalue weighted by atomic mass is 32.2. The molecule has 0 aliphatic heterocycles. The topological polar surface area (TPSA) is 68.3 Å². The van der Waals surface area contributed by atoms with Crippen molar-refractivity contribution in [2.24, 2.45) is 0 Å². The highest BCUT2D eigenvalue weighted by Crippen LogP contribution is 2.25. The lowest BCUT2D eigenvalue weighted by atomic mass is 10.2. The van der Waals surface area contributed by atoms with E-state index in [1.54, 1.807) is 24.3 Å². The number of fused-ring (bicyclic) bond motifs is 1. The number of nitrogens with one attached hydrogen (secondary N) is 1. The van der Waals surface area contributed by atoms with Gasteiger partial charge in [-0.15, -0.1) is 0 Å². The second-order valence-electron chi connectivity index (χ2n) is 5.34. The van der Waals surface area contributed by atoms with Crippen LogP contribution in [-0.2, 0) is 10.0 Å². The summed E-state index contributed by atoms with van der Waals surface area (Å²) in [5, 5.41) is 0.882. The second kappa shape index (κ2) is 6.49. The van der Waals surface area contributed by atoms with E-state index in [-0.39, 0.29) is 4.90 Å². The monoisotopic (exact) mass is 342 g/mol. The van der Waals surface area contributed by atoms with Gasteiger partial charge in [0, 0.05) is 11.1 Å². The summed E-state index contributed by atoms with van der Waals surface area (Å²) < 4.78 is 33.2. The molecule has 0 fully saturated rings. The molecule has 6 heteroatoms. The summed E-state index contributed by atoms with van der Waals surface area (Å²) in [4.78, 5) is 4.62. The molecule has 24 heavy (non-hydrogen) atoms. The van der Waals surface area contributed by atoms with E-state index in [1.165, 1.54) is 12.1 Å². The highest BCUT2D eigenvalue weighted by molar-refractivity contribution is 7.92. The molecule has 1 aromatic heterocycles. The minimum atomic E-state index is -3.69. The molecular formula is C18H18N2O3S. The van der Waals surface area contributed by atoms with Crippen molar-refractivity contribution in [1.29, 1.82) is 0 Å². The van der Waals surface area contributed by atoms with Crippen LogP contribution < -0.4 is 9.46 Å². The first kappa shape index (κ1) is 16.3. The Hall–Kier alpha value is -2.60. The molecule has 2 aromatic carbocycles. The van der Waals surface area contributed by atoms with E-state index in [2.05, 4.69) is 9.71 Å². The van der Waals surface area contributed by atoms with Gasteiger partial charge < -0.3 is 4.74 Å². The van der Waals surface area contributed by atoms with E-state index in [0.717, 1.165) is 11.1 Å². The SMILES string of the molecule is CCOc1ccc(S(=O)(=O)Nc2cccc3ccc(C)nc23)cc1. The van der Waals surface area contributed by atoms with Crippen molar-refractivity contribution in [2.75, 3.05) is 11.3 Å². The molecule has 0 unspecified atom stereocenters. The van der Waals surface area contributed by atoms with Crippen molar-refractivity contribution in [2.45, 2.75) is 18.7 Å². The zero-order valence-corrected chi connectivity index (χ0v) is 14.3. The number of sulfonamides is 1. The third kappa shape index (κ3) is 3.33. The van der Waals surface area contributed by atoms with Crippen molar-refractivity contribution in [3.05, 3.63) is 60.3 Å². The highest BCUT2D eigenvalue weighted by Gasteiger charge is 2.16. The van der Waals surface area contributed by atoms with Gasteiger partial charge in [0.2, 0.25) is 0 Å². The van der Waals surface area contributed by atoms with E-state index in [9.17, 15) is 8.42 Å². The molecule has 0 saturated carbocycles. The molecule has 0 radical (unpaired) electrons. The predicted molar refractivity (Wildman–Crippen MR) is 94.9 cm³/mol. The maximum atomic E-state index is 12.6. The van der Waals surface area contributed by atoms with Crippen LogP contribution in [-0.4, -0.2) is 20.0 Å². The van der Waals surface area contributed by atoms with Crippen molar-refractivity contribution in [3.8, 4) is 5.75 Å². The van der Waals surface area contributed by atoms with Crippen LogP contribution in [0.25, 0.3) is 10.9 Å². The molecule has 0 atom stereocenters. The first-order valence-electron chi connectivity index (χ1n) is 7.61. The molecule has 0 aliphatic carbocycles. The molecule has 1 heterocycles. The minimum absolute atomic E-state index is 0.176. The van der Waals surface area contributed by atoms with Crippen LogP contribution >= 0.6 is 0 Å². The van der Waals surface area contributed by atoms with Gasteiger partial charge in [-0.25, -0.2) is 8.42 Å². The van der Waals surface area contributed by atoms with Gasteiger partial charge in [-0.1, -0.05) is 18.2 Å². The molecule has 3 aromatic rings. The van der Waals surface area contributed by atoms with Crippen LogP contribution in [0.3, 0.4) is 0 Å². The lowest BCUT2D eigenvalue weighted by Gasteiger charge is -2.11. The predicted octanol–water partition coefficient (Wildman–Crippen LogP) is 3.74. The van der Waals surface area contributed by atoms with Crippen LogP contribution in [0.15, 0.2) is 59.5 Å². The number of aromatic nitrogens is 1. The number of ether oxygens (including phenoxy) is 1. The van der Waals surface area contributed by atoms with Crippen LogP contribution in [0.2, 0.25) is 0 Å². The number of nitrogens with zero attached hydrogens (tertiary/aromatic N) is 1. The fourth-order valence-electron chi connectivity index (χ4n) is 2.41. The summed E-state index contributed by atoms with van der Waals surface area (Å²) in [5.74, 6) is 0.638. The molecule has 0 saturated heterocycles. The molecule has 0 amide bonds. The second-order valence-corrected chi connectivity index (χ2v) is 7.02. The summed E-state index contributed by atoms with van der Waals surface area (Å²) in [6.45, 7) is 4.28. The quantitative estimate of drug-likeness (QED) is 0.767. The van der Waals surface area contributed by atoms with Gasteiger partial charge >= 0.3 is 0 Å². The van der Waals surface area contributed by atoms with Crippen LogP contribution in [0, 0.1) is 6.92 Å². The van der Waals surface area contributed by atoms with Crippen LogP contribution in [0.5, 0.6) is 5.75 Å². The Bertz CT molecular complexity index is 967. The number of para-hydroxylation sites is 1. The number of benzene rings is 2. The molecule has 0 spiro atoms. The van der Waals surface area contributed by atoms with E-state index >= 15 is 0 Å². The molecular weight excluding hydrogens is 324 g/mol. The average Bonchev–Trinajstić information content (AvgIpc) is 2.56. The number of aryl methyl sites for hydroxylation is 1. The standard InChI is InChI=1S/C18H18N2O3S/c1-3-23-15-9-11-16(12-10-15)24(21,22)20-17-6-4-5-14-8-7-13(2)19-18(14)17/h4-12,20H,3H2,1-2H3. The Morgan fingerprint density at radius 3 is 2.50 bits per heavy atom. The summed E-state index contributed by atoms with van der Waals surface area (Å²) in [6.07, 6.45) is 0. The van der Waals surface area contributed by atoms with Gasteiger partial charge in [-0.05, 0) is 50.2 Å². The first-order valence-corrected chi connectivity index (χ1v) is 9.10. The third-order valence-electron chi connectivity index (χ3n) is 3.55. The molecule has 5 nitrogen and oxygen atoms in total. The lowest BCUT2D eigenvalue weighted by Crippen LogP contribution is -2.13. The molecule has 124 valence electrons. The van der Waals surface area contributed by atoms with Crippen molar-refractivity contribution >= 4 is 26.6 Å². The van der Waals surface area contributed by atoms with E-state index < -0.39 is 10.0 Å². The maximum absolute atomic E-state index is 12.6. The summed E-state index contributed by atoms with van der Waals surface area (Å²) in [7, 11) is -3.69. The molecule has 0 aliphatic rings. The molecule has 3 rings (SSSR count). The smallest absolute Gasteiger partial charge is 0.261 e. The maximum Gasteiger partial charge on any atom is 0.261 e. The van der Waals surface area contributed by atoms with Gasteiger partial charge in [0.1, 0.15) is 5.75 Å². The number of rotatable bonds is 5. The van der Waals surface area contributed by atoms with E-state index in [4.69, 9.17) is 4.74 Å². The average molecular weight is 342 g/mol. The molecule has 1 N–H and O–H groups in total. The van der Waals surface area contributed by atoms with E-state index in [0.29, 0.717) is 23.6 Å². The van der Waals surface area contributed by atoms with Gasteiger partial charge in [0.25, 0.3) is 10.0 Å². The summed E-state index contributed by atoms with van der Waals surface area (Å²) in [5.41, 5.74) is 1.92. The van der Waals surface area contributed by atoms with Crippen molar-refractivity contribution < 1.29 is 13.2 Å². The zero-order chi connectivity index (χ0) is 17.2. The van der Waals surface area contributed by atoms with Gasteiger partial charge in [-0.3, -0.25) is 9.71 Å². The zero-order valence-electron chi connectivity index (χ0n) is 13.5. The van der Waals surface area contributed by atoms with E-state index in [1.807, 2.05) is 32.0 Å². The van der Waals surface area contributed by atoms with Gasteiger partial charge in [0.15, 0.2) is 0 Å². The Kier molecular flexibility index (Phi) is 4.40. The Labute approximate surface area is 141 Å². The van der Waals surface area contributed by atoms with Gasteiger partial charge in [-0.2, -0.15) is 0 Å². The molecule has 0 bridgehead atoms. The number of hydrogen-bond donors (Lipinski definition) is 1. The van der Waals surface area contributed by atoms with Crippen LogP contribution in [0.1, 0.15) is 12.6 Å². The minimum Gasteiger partial charge on any atom is -0.494 e. The number of anilines is 1. The Morgan fingerprint density at radius 1 is 1.04 bits per heavy atom. The van der Waals surface area contributed by atoms with Crippen molar-refractivity contribution in [3.63, 3.8) is 0 Å². The lowest BCUT2D eigenvalue weighted by molar-refractivity contribution is 0.340. The first-order chi connectivity index (χ1) is 11.5. The number of pyridine rings is 1. The fourth-order valence-corrected chi connectivity index (χ4v) is 3.48. The fraction of sp³-hybridized carbons (Fsp3) is 0.167. The largest absolute Gasteiger partial charge is 0.494 e. The van der Waals surface area contributed by atoms with Crippen LogP contribution in [0.4, 0.5) is 5.69 Å². The number of hydrogen-bond acceptors (Lipinski definition) is 4. The summed E-state index contributed by atoms with van der Waals surface area (Å²) >= 11 is 0. The Balaban J connectivity index is 1.96. The Morgan fingerprint density at radius 2 is 1.79 bits per heavy atom. The van der Waals surface area contributed by atoms with Gasteiger partial charge in [0.05, 0.1) is 22.7 Å². The van der Waals surface area contributed by atoms with Crippen molar-refractivity contribution in [1.82, 2.24) is 4.98 Å². The summed E-state index contributed by atoms with van der Waals surface area (Å²) in [6, 6.07) is 15.6.